The van der Waals surface area contributed by atoms with Crippen molar-refractivity contribution >= 4 is 5.57 Å². The van der Waals surface area contributed by atoms with Gasteiger partial charge in [0.2, 0.25) is 0 Å². The summed E-state index contributed by atoms with van der Waals surface area (Å²) < 4.78 is 38.0. The zero-order chi connectivity index (χ0) is 16.6. The minimum Gasteiger partial charge on any atom is -0.193 e. The third-order valence-corrected chi connectivity index (χ3v) is 3.62. The van der Waals surface area contributed by atoms with E-state index < -0.39 is 11.7 Å². The van der Waals surface area contributed by atoms with Crippen molar-refractivity contribution in [1.82, 2.24) is 0 Å². The van der Waals surface area contributed by atoms with Gasteiger partial charge in [-0.3, -0.25) is 0 Å². The number of halogens is 3. The van der Waals surface area contributed by atoms with Crippen LogP contribution in [0.4, 0.5) is 13.2 Å². The standard InChI is InChI=1S/C18H22F3N/c1-3-5-7-15(13-22)17(8-6-4-2)14-9-11-16(12-10-14)18(19,20)21/h9-12H,3-8H2,1-2H3/b17-15-. The SMILES string of the molecule is CCCC/C(C#N)=C(\CCCC)c1ccc(C(F)(F)F)cc1. The van der Waals surface area contributed by atoms with Crippen molar-refractivity contribution in [3.8, 4) is 6.07 Å². The molecule has 1 aromatic rings. The van der Waals surface area contributed by atoms with Gasteiger partial charge in [0.05, 0.1) is 11.6 Å². The van der Waals surface area contributed by atoms with E-state index in [1.165, 1.54) is 12.1 Å². The molecule has 0 amide bonds. The molecule has 1 aromatic carbocycles. The van der Waals surface area contributed by atoms with E-state index in [1.54, 1.807) is 0 Å². The molecule has 0 radical (unpaired) electrons. The van der Waals surface area contributed by atoms with Crippen LogP contribution in [0.1, 0.15) is 63.5 Å². The molecule has 0 fully saturated rings. The summed E-state index contributed by atoms with van der Waals surface area (Å²) in [6, 6.07) is 7.40. The van der Waals surface area contributed by atoms with E-state index in [2.05, 4.69) is 19.9 Å². The molecule has 0 aliphatic heterocycles. The monoisotopic (exact) mass is 309 g/mol. The zero-order valence-corrected chi connectivity index (χ0v) is 13.1. The molecule has 0 atom stereocenters. The molecule has 0 unspecified atom stereocenters. The number of alkyl halides is 3. The van der Waals surface area contributed by atoms with Gasteiger partial charge in [-0.25, -0.2) is 0 Å². The molecule has 0 spiro atoms. The lowest BCUT2D eigenvalue weighted by molar-refractivity contribution is -0.137. The third kappa shape index (κ3) is 5.22. The molecule has 0 aliphatic carbocycles. The predicted molar refractivity (Wildman–Crippen MR) is 83.0 cm³/mol. The van der Waals surface area contributed by atoms with Gasteiger partial charge < -0.3 is 0 Å². The Morgan fingerprint density at radius 3 is 2.00 bits per heavy atom. The van der Waals surface area contributed by atoms with E-state index in [0.29, 0.717) is 12.0 Å². The van der Waals surface area contributed by atoms with E-state index in [4.69, 9.17) is 0 Å². The fourth-order valence-electron chi connectivity index (χ4n) is 2.31. The second kappa shape index (κ2) is 8.63. The summed E-state index contributed by atoms with van der Waals surface area (Å²) in [4.78, 5) is 0. The number of nitriles is 1. The first-order chi connectivity index (χ1) is 10.4. The van der Waals surface area contributed by atoms with Crippen LogP contribution in [-0.4, -0.2) is 0 Å². The number of hydrogen-bond acceptors (Lipinski definition) is 1. The average Bonchev–Trinajstić information content (AvgIpc) is 2.50. The Hall–Kier alpha value is -1.76. The van der Waals surface area contributed by atoms with Crippen molar-refractivity contribution in [1.29, 1.82) is 5.26 Å². The van der Waals surface area contributed by atoms with Crippen molar-refractivity contribution in [3.63, 3.8) is 0 Å². The van der Waals surface area contributed by atoms with Gasteiger partial charge in [-0.05, 0) is 49.0 Å². The first-order valence-electron chi connectivity index (χ1n) is 7.73. The number of benzene rings is 1. The van der Waals surface area contributed by atoms with Crippen LogP contribution in [-0.2, 0) is 6.18 Å². The van der Waals surface area contributed by atoms with Crippen LogP contribution in [0.25, 0.3) is 5.57 Å². The van der Waals surface area contributed by atoms with Crippen molar-refractivity contribution in [2.24, 2.45) is 0 Å². The zero-order valence-electron chi connectivity index (χ0n) is 13.1. The smallest absolute Gasteiger partial charge is 0.193 e. The molecule has 0 bridgehead atoms. The molecule has 0 saturated heterocycles. The van der Waals surface area contributed by atoms with Crippen molar-refractivity contribution in [2.75, 3.05) is 0 Å². The van der Waals surface area contributed by atoms with Crippen molar-refractivity contribution in [3.05, 3.63) is 41.0 Å². The summed E-state index contributed by atoms with van der Waals surface area (Å²) in [5.74, 6) is 0. The van der Waals surface area contributed by atoms with Crippen LogP contribution in [0.5, 0.6) is 0 Å². The molecular weight excluding hydrogens is 287 g/mol. The largest absolute Gasteiger partial charge is 0.416 e. The summed E-state index contributed by atoms with van der Waals surface area (Å²) in [5.41, 5.74) is 1.67. The summed E-state index contributed by atoms with van der Waals surface area (Å²) in [6.45, 7) is 4.11. The molecule has 0 heterocycles. The molecule has 0 aromatic heterocycles. The van der Waals surface area contributed by atoms with Crippen LogP contribution >= 0.6 is 0 Å². The first kappa shape index (κ1) is 18.3. The first-order valence-corrected chi connectivity index (χ1v) is 7.73. The Balaban J connectivity index is 3.16. The van der Waals surface area contributed by atoms with Gasteiger partial charge in [-0.15, -0.1) is 0 Å². The average molecular weight is 309 g/mol. The molecule has 4 heteroatoms. The lowest BCUT2D eigenvalue weighted by atomic mass is 9.92. The minimum atomic E-state index is -4.33. The van der Waals surface area contributed by atoms with Crippen LogP contribution in [0, 0.1) is 11.3 Å². The molecule has 120 valence electrons. The highest BCUT2D eigenvalue weighted by molar-refractivity contribution is 5.71. The topological polar surface area (TPSA) is 23.8 Å². The van der Waals surface area contributed by atoms with Gasteiger partial charge in [0.25, 0.3) is 0 Å². The van der Waals surface area contributed by atoms with Gasteiger partial charge in [0, 0.05) is 5.57 Å². The number of hydrogen-bond donors (Lipinski definition) is 0. The summed E-state index contributed by atoms with van der Waals surface area (Å²) >= 11 is 0. The van der Waals surface area contributed by atoms with Crippen LogP contribution < -0.4 is 0 Å². The normalized spacial score (nSPS) is 12.7. The van der Waals surface area contributed by atoms with Crippen LogP contribution in [0.2, 0.25) is 0 Å². The van der Waals surface area contributed by atoms with E-state index >= 15 is 0 Å². The minimum absolute atomic E-state index is 0.654. The summed E-state index contributed by atoms with van der Waals surface area (Å²) in [6.07, 6.45) is 0.899. The van der Waals surface area contributed by atoms with E-state index in [1.807, 2.05) is 0 Å². The molecule has 22 heavy (non-hydrogen) atoms. The molecule has 1 nitrogen and oxygen atoms in total. The van der Waals surface area contributed by atoms with Crippen molar-refractivity contribution in [2.45, 2.75) is 58.5 Å². The number of unbranched alkanes of at least 4 members (excludes halogenated alkanes) is 2. The Bertz CT molecular complexity index is 533. The molecule has 0 aliphatic rings. The lowest BCUT2D eigenvalue weighted by Crippen LogP contribution is -2.04. The maximum atomic E-state index is 12.7. The summed E-state index contributed by atoms with van der Waals surface area (Å²) in [7, 11) is 0. The maximum absolute atomic E-state index is 12.7. The molecule has 1 rings (SSSR count). The Kier molecular flexibility index (Phi) is 7.17. The highest BCUT2D eigenvalue weighted by Gasteiger charge is 2.30. The molecule has 0 saturated carbocycles. The van der Waals surface area contributed by atoms with Gasteiger partial charge >= 0.3 is 6.18 Å². The second-order valence-electron chi connectivity index (χ2n) is 5.35. The van der Waals surface area contributed by atoms with Gasteiger partial charge in [0.1, 0.15) is 0 Å². The van der Waals surface area contributed by atoms with E-state index in [9.17, 15) is 18.4 Å². The quantitative estimate of drug-likeness (QED) is 0.537. The van der Waals surface area contributed by atoms with Gasteiger partial charge in [-0.2, -0.15) is 18.4 Å². The maximum Gasteiger partial charge on any atom is 0.416 e. The highest BCUT2D eigenvalue weighted by atomic mass is 19.4. The Morgan fingerprint density at radius 1 is 1.00 bits per heavy atom. The van der Waals surface area contributed by atoms with E-state index in [-0.39, 0.29) is 0 Å². The third-order valence-electron chi connectivity index (χ3n) is 3.62. The molecular formula is C18H22F3N. The van der Waals surface area contributed by atoms with Crippen LogP contribution in [0.15, 0.2) is 29.8 Å². The Labute approximate surface area is 130 Å². The number of allylic oxidation sites excluding steroid dienone is 2. The van der Waals surface area contributed by atoms with Crippen LogP contribution in [0.3, 0.4) is 0 Å². The molecule has 0 N–H and O–H groups in total. The number of rotatable bonds is 7. The number of nitrogens with zero attached hydrogens (tertiary/aromatic N) is 1. The summed E-state index contributed by atoms with van der Waals surface area (Å²) in [5, 5.41) is 9.38. The fraction of sp³-hybridized carbons (Fsp3) is 0.500. The van der Waals surface area contributed by atoms with E-state index in [0.717, 1.165) is 55.4 Å². The fourth-order valence-corrected chi connectivity index (χ4v) is 2.31. The van der Waals surface area contributed by atoms with Crippen molar-refractivity contribution < 1.29 is 13.2 Å². The van der Waals surface area contributed by atoms with Gasteiger partial charge in [0.15, 0.2) is 0 Å². The lowest BCUT2D eigenvalue weighted by Gasteiger charge is -2.13. The van der Waals surface area contributed by atoms with Gasteiger partial charge in [-0.1, -0.05) is 38.8 Å². The Morgan fingerprint density at radius 2 is 1.55 bits per heavy atom. The predicted octanol–water partition coefficient (Wildman–Crippen LogP) is 6.36. The highest BCUT2D eigenvalue weighted by Crippen LogP contribution is 2.32. The second-order valence-corrected chi connectivity index (χ2v) is 5.35.